The van der Waals surface area contributed by atoms with Gasteiger partial charge in [0.25, 0.3) is 0 Å². The van der Waals surface area contributed by atoms with Gasteiger partial charge in [-0.15, -0.1) is 0 Å². The van der Waals surface area contributed by atoms with E-state index in [9.17, 15) is 4.79 Å². The summed E-state index contributed by atoms with van der Waals surface area (Å²) in [6.45, 7) is 12.7. The van der Waals surface area contributed by atoms with Gasteiger partial charge >= 0.3 is 0 Å². The Balaban J connectivity index is 2.68. The predicted octanol–water partition coefficient (Wildman–Crippen LogP) is 2.71. The van der Waals surface area contributed by atoms with Crippen molar-refractivity contribution in [2.45, 2.75) is 65.8 Å². The van der Waals surface area contributed by atoms with Crippen molar-refractivity contribution in [1.82, 2.24) is 10.6 Å². The zero-order valence-corrected chi connectivity index (χ0v) is 12.7. The molecule has 3 heteroatoms. The average molecular weight is 254 g/mol. The average Bonchev–Trinajstić information content (AvgIpc) is 2.39. The molecule has 1 amide bonds. The van der Waals surface area contributed by atoms with Crippen LogP contribution in [-0.2, 0) is 4.79 Å². The Hall–Kier alpha value is -0.570. The minimum atomic E-state index is -0.279. The molecule has 0 aromatic heterocycles. The molecule has 1 atom stereocenters. The van der Waals surface area contributed by atoms with E-state index >= 15 is 0 Å². The van der Waals surface area contributed by atoms with E-state index < -0.39 is 0 Å². The lowest BCUT2D eigenvalue weighted by molar-refractivity contribution is -0.134. The summed E-state index contributed by atoms with van der Waals surface area (Å²) >= 11 is 0. The van der Waals surface area contributed by atoms with E-state index in [1.54, 1.807) is 0 Å². The fourth-order valence-electron chi connectivity index (χ4n) is 2.52. The Morgan fingerprint density at radius 1 is 1.28 bits per heavy atom. The molecule has 0 spiro atoms. The van der Waals surface area contributed by atoms with Crippen LogP contribution in [0.1, 0.15) is 60.3 Å². The first kappa shape index (κ1) is 15.5. The molecule has 0 bridgehead atoms. The molecular weight excluding hydrogens is 224 g/mol. The van der Waals surface area contributed by atoms with Gasteiger partial charge in [-0.05, 0) is 51.6 Å². The van der Waals surface area contributed by atoms with Crippen LogP contribution < -0.4 is 10.6 Å². The van der Waals surface area contributed by atoms with Crippen LogP contribution in [0.15, 0.2) is 0 Å². The molecule has 1 fully saturated rings. The van der Waals surface area contributed by atoms with E-state index in [1.807, 2.05) is 0 Å². The molecule has 0 aliphatic carbocycles. The van der Waals surface area contributed by atoms with E-state index in [4.69, 9.17) is 0 Å². The summed E-state index contributed by atoms with van der Waals surface area (Å²) in [6, 6.07) is 0. The molecule has 1 heterocycles. The number of piperidine rings is 1. The summed E-state index contributed by atoms with van der Waals surface area (Å²) in [5.74, 6) is 0.659. The summed E-state index contributed by atoms with van der Waals surface area (Å²) in [6.07, 6.45) is 4.30. The number of rotatable bonds is 5. The SMILES string of the molecule is CCC(C)(CC)NC(=O)C(C)(C)C1CCCNC1. The molecule has 0 aromatic carbocycles. The maximum Gasteiger partial charge on any atom is 0.226 e. The minimum absolute atomic E-state index is 0.0591. The number of amides is 1. The lowest BCUT2D eigenvalue weighted by Crippen LogP contribution is -2.53. The van der Waals surface area contributed by atoms with Crippen LogP contribution in [0.25, 0.3) is 0 Å². The highest BCUT2D eigenvalue weighted by atomic mass is 16.2. The summed E-state index contributed by atoms with van der Waals surface area (Å²) in [5, 5.41) is 6.67. The maximum atomic E-state index is 12.6. The third-order valence-corrected chi connectivity index (χ3v) is 4.88. The van der Waals surface area contributed by atoms with Crippen LogP contribution in [0.2, 0.25) is 0 Å². The molecule has 1 unspecified atom stereocenters. The number of hydrogen-bond acceptors (Lipinski definition) is 2. The molecule has 1 aliphatic rings. The number of nitrogens with one attached hydrogen (secondary N) is 2. The van der Waals surface area contributed by atoms with Gasteiger partial charge in [0.15, 0.2) is 0 Å². The summed E-state index contributed by atoms with van der Waals surface area (Å²) in [4.78, 5) is 12.6. The van der Waals surface area contributed by atoms with Crippen molar-refractivity contribution < 1.29 is 4.79 Å². The Morgan fingerprint density at radius 3 is 2.33 bits per heavy atom. The van der Waals surface area contributed by atoms with Gasteiger partial charge in [-0.1, -0.05) is 27.7 Å². The van der Waals surface area contributed by atoms with E-state index in [2.05, 4.69) is 45.3 Å². The van der Waals surface area contributed by atoms with E-state index in [-0.39, 0.29) is 16.9 Å². The molecule has 0 radical (unpaired) electrons. The highest BCUT2D eigenvalue weighted by Crippen LogP contribution is 2.33. The first-order valence-corrected chi connectivity index (χ1v) is 7.39. The van der Waals surface area contributed by atoms with Gasteiger partial charge in [0.2, 0.25) is 5.91 Å². The largest absolute Gasteiger partial charge is 0.350 e. The van der Waals surface area contributed by atoms with Crippen molar-refractivity contribution in [3.8, 4) is 0 Å². The lowest BCUT2D eigenvalue weighted by atomic mass is 9.73. The van der Waals surface area contributed by atoms with Crippen LogP contribution in [-0.4, -0.2) is 24.5 Å². The van der Waals surface area contributed by atoms with Gasteiger partial charge in [-0.2, -0.15) is 0 Å². The first-order valence-electron chi connectivity index (χ1n) is 7.39. The predicted molar refractivity (Wildman–Crippen MR) is 76.5 cm³/mol. The lowest BCUT2D eigenvalue weighted by Gasteiger charge is -2.39. The van der Waals surface area contributed by atoms with Gasteiger partial charge in [0, 0.05) is 11.0 Å². The summed E-state index contributed by atoms with van der Waals surface area (Å²) in [7, 11) is 0. The standard InChI is InChI=1S/C15H30N2O/c1-6-15(5,7-2)17-13(18)14(3,4)12-9-8-10-16-11-12/h12,16H,6-11H2,1-5H3,(H,17,18). The molecule has 0 saturated carbocycles. The molecule has 2 N–H and O–H groups in total. The Morgan fingerprint density at radius 2 is 1.89 bits per heavy atom. The molecule has 18 heavy (non-hydrogen) atoms. The van der Waals surface area contributed by atoms with Crippen LogP contribution in [0.5, 0.6) is 0 Å². The van der Waals surface area contributed by atoms with Crippen LogP contribution in [0.3, 0.4) is 0 Å². The molecule has 0 aromatic rings. The smallest absolute Gasteiger partial charge is 0.226 e. The zero-order valence-electron chi connectivity index (χ0n) is 12.7. The van der Waals surface area contributed by atoms with Gasteiger partial charge in [-0.25, -0.2) is 0 Å². The van der Waals surface area contributed by atoms with Crippen molar-refractivity contribution >= 4 is 5.91 Å². The molecule has 1 rings (SSSR count). The third-order valence-electron chi connectivity index (χ3n) is 4.88. The van der Waals surface area contributed by atoms with E-state index in [0.29, 0.717) is 5.92 Å². The quantitative estimate of drug-likeness (QED) is 0.792. The molecule has 106 valence electrons. The molecule has 1 saturated heterocycles. The summed E-state index contributed by atoms with van der Waals surface area (Å²) < 4.78 is 0. The highest BCUT2D eigenvalue weighted by molar-refractivity contribution is 5.82. The maximum absolute atomic E-state index is 12.6. The Kier molecular flexibility index (Phi) is 5.20. The minimum Gasteiger partial charge on any atom is -0.350 e. The van der Waals surface area contributed by atoms with Gasteiger partial charge in [0.1, 0.15) is 0 Å². The van der Waals surface area contributed by atoms with Gasteiger partial charge in [0.05, 0.1) is 0 Å². The van der Waals surface area contributed by atoms with Crippen LogP contribution in [0, 0.1) is 11.3 Å². The van der Waals surface area contributed by atoms with Gasteiger partial charge < -0.3 is 10.6 Å². The second kappa shape index (κ2) is 6.05. The van der Waals surface area contributed by atoms with Crippen molar-refractivity contribution in [3.63, 3.8) is 0 Å². The Bertz CT molecular complexity index is 276. The van der Waals surface area contributed by atoms with Crippen molar-refractivity contribution in [2.24, 2.45) is 11.3 Å². The Labute approximate surface area is 112 Å². The van der Waals surface area contributed by atoms with Gasteiger partial charge in [-0.3, -0.25) is 4.79 Å². The number of carbonyl (C=O) groups is 1. The second-order valence-corrected chi connectivity index (χ2v) is 6.49. The second-order valence-electron chi connectivity index (χ2n) is 6.49. The fraction of sp³-hybridized carbons (Fsp3) is 0.933. The fourth-order valence-corrected chi connectivity index (χ4v) is 2.52. The molecule has 1 aliphatic heterocycles. The summed E-state index contributed by atoms with van der Waals surface area (Å²) in [5.41, 5.74) is -0.338. The van der Waals surface area contributed by atoms with E-state index in [1.165, 1.54) is 6.42 Å². The number of hydrogen-bond donors (Lipinski definition) is 2. The molecular formula is C15H30N2O. The first-order chi connectivity index (χ1) is 8.35. The van der Waals surface area contributed by atoms with Crippen molar-refractivity contribution in [2.75, 3.05) is 13.1 Å². The topological polar surface area (TPSA) is 41.1 Å². The third kappa shape index (κ3) is 3.47. The number of carbonyl (C=O) groups excluding carboxylic acids is 1. The zero-order chi connectivity index (χ0) is 13.8. The highest BCUT2D eigenvalue weighted by Gasteiger charge is 2.39. The normalized spacial score (nSPS) is 21.7. The monoisotopic (exact) mass is 254 g/mol. The van der Waals surface area contributed by atoms with Crippen molar-refractivity contribution in [3.05, 3.63) is 0 Å². The van der Waals surface area contributed by atoms with Crippen LogP contribution in [0.4, 0.5) is 0 Å². The molecule has 3 nitrogen and oxygen atoms in total. The van der Waals surface area contributed by atoms with Crippen LogP contribution >= 0.6 is 0 Å². The van der Waals surface area contributed by atoms with E-state index in [0.717, 1.165) is 32.4 Å². The van der Waals surface area contributed by atoms with Crippen molar-refractivity contribution in [1.29, 1.82) is 0 Å².